The van der Waals surface area contributed by atoms with Crippen LogP contribution in [0.2, 0.25) is 10.0 Å². The van der Waals surface area contributed by atoms with Crippen molar-refractivity contribution in [3.63, 3.8) is 0 Å². The van der Waals surface area contributed by atoms with Crippen LogP contribution < -0.4 is 18.9 Å². The summed E-state index contributed by atoms with van der Waals surface area (Å²) in [5, 5.41) is 11.6. The SMILES string of the molecule is COc1ccc(C2/C(=C(\O)c3cc(Cl)c(OC)c(Cl)c3OC)C(=O)C(=O)N2CCc2ccc(F)cc2)cc1OC. The van der Waals surface area contributed by atoms with Crippen LogP contribution in [0.1, 0.15) is 22.7 Å². The molecule has 11 heteroatoms. The summed E-state index contributed by atoms with van der Waals surface area (Å²) in [7, 11) is 5.64. The van der Waals surface area contributed by atoms with Gasteiger partial charge in [0.2, 0.25) is 0 Å². The molecule has 8 nitrogen and oxygen atoms in total. The van der Waals surface area contributed by atoms with Gasteiger partial charge in [-0.05, 0) is 47.9 Å². The first kappa shape index (κ1) is 29.0. The van der Waals surface area contributed by atoms with Crippen molar-refractivity contribution in [2.45, 2.75) is 12.5 Å². The lowest BCUT2D eigenvalue weighted by molar-refractivity contribution is -0.139. The average molecular weight is 590 g/mol. The van der Waals surface area contributed by atoms with Crippen LogP contribution >= 0.6 is 23.2 Å². The third-order valence-corrected chi connectivity index (χ3v) is 7.24. The summed E-state index contributed by atoms with van der Waals surface area (Å²) >= 11 is 12.8. The topological polar surface area (TPSA) is 94.5 Å². The Morgan fingerprint density at radius 2 is 1.55 bits per heavy atom. The number of ketones is 1. The highest BCUT2D eigenvalue weighted by Crippen LogP contribution is 2.48. The van der Waals surface area contributed by atoms with E-state index in [2.05, 4.69) is 0 Å². The van der Waals surface area contributed by atoms with Crippen LogP contribution in [0, 0.1) is 5.82 Å². The van der Waals surface area contributed by atoms with E-state index in [9.17, 15) is 19.1 Å². The molecule has 3 aromatic carbocycles. The Morgan fingerprint density at radius 1 is 0.900 bits per heavy atom. The molecular formula is C29H26Cl2FNO7. The van der Waals surface area contributed by atoms with Gasteiger partial charge in [0.15, 0.2) is 23.0 Å². The van der Waals surface area contributed by atoms with Gasteiger partial charge >= 0.3 is 0 Å². The maximum absolute atomic E-state index is 13.5. The maximum atomic E-state index is 13.5. The van der Waals surface area contributed by atoms with Crippen LogP contribution in [-0.4, -0.2) is 56.7 Å². The fourth-order valence-corrected chi connectivity index (χ4v) is 5.36. The van der Waals surface area contributed by atoms with Crippen molar-refractivity contribution in [3.05, 3.63) is 86.7 Å². The molecule has 1 amide bonds. The predicted molar refractivity (Wildman–Crippen MR) is 148 cm³/mol. The Hall–Kier alpha value is -3.95. The van der Waals surface area contributed by atoms with Gasteiger partial charge in [-0.3, -0.25) is 9.59 Å². The van der Waals surface area contributed by atoms with Gasteiger partial charge in [-0.15, -0.1) is 0 Å². The molecule has 0 aromatic heterocycles. The molecule has 1 heterocycles. The number of halogens is 3. The molecule has 1 aliphatic heterocycles. The number of likely N-dealkylation sites (tertiary alicyclic amines) is 1. The molecule has 1 aliphatic rings. The second-order valence-electron chi connectivity index (χ2n) is 8.77. The summed E-state index contributed by atoms with van der Waals surface area (Å²) in [4.78, 5) is 28.2. The number of aliphatic hydroxyl groups excluding tert-OH is 1. The number of carbonyl (C=O) groups excluding carboxylic acids is 2. The van der Waals surface area contributed by atoms with E-state index in [1.165, 1.54) is 51.5 Å². The maximum Gasteiger partial charge on any atom is 0.295 e. The van der Waals surface area contributed by atoms with E-state index < -0.39 is 23.5 Å². The van der Waals surface area contributed by atoms with E-state index in [1.807, 2.05) is 0 Å². The van der Waals surface area contributed by atoms with Gasteiger partial charge in [-0.2, -0.15) is 0 Å². The lowest BCUT2D eigenvalue weighted by Gasteiger charge is -2.26. The van der Waals surface area contributed by atoms with Gasteiger partial charge < -0.3 is 29.0 Å². The summed E-state index contributed by atoms with van der Waals surface area (Å²) in [5.74, 6) is -1.75. The summed E-state index contributed by atoms with van der Waals surface area (Å²) < 4.78 is 34.9. The van der Waals surface area contributed by atoms with Crippen molar-refractivity contribution >= 4 is 40.7 Å². The van der Waals surface area contributed by atoms with Crippen molar-refractivity contribution in [1.29, 1.82) is 0 Å². The Labute approximate surface area is 240 Å². The molecule has 0 aliphatic carbocycles. The molecule has 0 spiro atoms. The number of Topliss-reactive ketones (excluding diaryl/α,β-unsaturated/α-hetero) is 1. The zero-order valence-corrected chi connectivity index (χ0v) is 23.6. The largest absolute Gasteiger partial charge is 0.507 e. The molecule has 1 unspecified atom stereocenters. The number of carbonyl (C=O) groups is 2. The molecule has 1 atom stereocenters. The predicted octanol–water partition coefficient (Wildman–Crippen LogP) is 5.83. The molecule has 0 radical (unpaired) electrons. The van der Waals surface area contributed by atoms with Crippen LogP contribution in [0.5, 0.6) is 23.0 Å². The van der Waals surface area contributed by atoms with Gasteiger partial charge in [0.1, 0.15) is 16.6 Å². The van der Waals surface area contributed by atoms with E-state index >= 15 is 0 Å². The number of rotatable bonds is 9. The Bertz CT molecular complexity index is 1490. The van der Waals surface area contributed by atoms with Gasteiger partial charge in [0.25, 0.3) is 11.7 Å². The van der Waals surface area contributed by atoms with Crippen LogP contribution in [-0.2, 0) is 16.0 Å². The first-order chi connectivity index (χ1) is 19.2. The van der Waals surface area contributed by atoms with Crippen molar-refractivity contribution in [2.24, 2.45) is 0 Å². The molecule has 0 saturated carbocycles. The zero-order valence-electron chi connectivity index (χ0n) is 22.1. The number of ether oxygens (including phenoxy) is 4. The highest BCUT2D eigenvalue weighted by Gasteiger charge is 2.46. The van der Waals surface area contributed by atoms with Crippen molar-refractivity contribution in [3.8, 4) is 23.0 Å². The molecule has 210 valence electrons. The minimum absolute atomic E-state index is 0.000288. The first-order valence-corrected chi connectivity index (χ1v) is 12.8. The zero-order chi connectivity index (χ0) is 29.1. The number of aliphatic hydroxyl groups is 1. The summed E-state index contributed by atoms with van der Waals surface area (Å²) in [6, 6.07) is 11.1. The molecule has 3 aromatic rings. The molecule has 1 N–H and O–H groups in total. The lowest BCUT2D eigenvalue weighted by atomic mass is 9.94. The highest BCUT2D eigenvalue weighted by molar-refractivity contribution is 6.47. The number of amides is 1. The van der Waals surface area contributed by atoms with Crippen LogP contribution in [0.3, 0.4) is 0 Å². The second-order valence-corrected chi connectivity index (χ2v) is 9.55. The van der Waals surface area contributed by atoms with E-state index in [4.69, 9.17) is 42.1 Å². The smallest absolute Gasteiger partial charge is 0.295 e. The lowest BCUT2D eigenvalue weighted by Crippen LogP contribution is -2.31. The van der Waals surface area contributed by atoms with Crippen molar-refractivity contribution in [1.82, 2.24) is 4.90 Å². The van der Waals surface area contributed by atoms with Gasteiger partial charge in [0, 0.05) is 6.54 Å². The fraction of sp³-hybridized carbons (Fsp3) is 0.241. The van der Waals surface area contributed by atoms with Gasteiger partial charge in [0.05, 0.1) is 50.6 Å². The molecular weight excluding hydrogens is 564 g/mol. The molecule has 0 bridgehead atoms. The third kappa shape index (κ3) is 5.26. The minimum atomic E-state index is -1.02. The molecule has 1 fully saturated rings. The summed E-state index contributed by atoms with van der Waals surface area (Å²) in [6.45, 7) is 0.0905. The van der Waals surface area contributed by atoms with Crippen LogP contribution in [0.4, 0.5) is 4.39 Å². The fourth-order valence-electron chi connectivity index (χ4n) is 4.67. The molecule has 4 rings (SSSR count). The minimum Gasteiger partial charge on any atom is -0.507 e. The number of hydrogen-bond donors (Lipinski definition) is 1. The Morgan fingerprint density at radius 3 is 2.15 bits per heavy atom. The van der Waals surface area contributed by atoms with Crippen molar-refractivity contribution < 1.29 is 38.0 Å². The molecule has 1 saturated heterocycles. The Kier molecular flexibility index (Phi) is 8.76. The first-order valence-electron chi connectivity index (χ1n) is 12.0. The van der Waals surface area contributed by atoms with Crippen LogP contribution in [0.25, 0.3) is 5.76 Å². The number of methoxy groups -OCH3 is 4. The van der Waals surface area contributed by atoms with Gasteiger partial charge in [-0.25, -0.2) is 4.39 Å². The standard InChI is InChI=1S/C29H26Cl2FNO7/c1-37-20-10-7-16(13-21(20)38-2)24-22(25(34)18-14-19(30)28(40-4)23(31)27(18)39-3)26(35)29(36)33(24)12-11-15-5-8-17(32)9-6-15/h5-10,13-14,24,34H,11-12H2,1-4H3/b25-22+. The highest BCUT2D eigenvalue weighted by atomic mass is 35.5. The van der Waals surface area contributed by atoms with Crippen molar-refractivity contribution in [2.75, 3.05) is 35.0 Å². The van der Waals surface area contributed by atoms with Crippen LogP contribution in [0.15, 0.2) is 54.1 Å². The summed E-state index contributed by atoms with van der Waals surface area (Å²) in [6.07, 6.45) is 0.320. The number of benzene rings is 3. The number of hydrogen-bond acceptors (Lipinski definition) is 7. The second kappa shape index (κ2) is 12.1. The summed E-state index contributed by atoms with van der Waals surface area (Å²) in [5.41, 5.74) is 1.03. The third-order valence-electron chi connectivity index (χ3n) is 6.61. The van der Waals surface area contributed by atoms with E-state index in [1.54, 1.807) is 30.3 Å². The molecule has 40 heavy (non-hydrogen) atoms. The van der Waals surface area contributed by atoms with E-state index in [-0.39, 0.29) is 45.0 Å². The average Bonchev–Trinajstić information content (AvgIpc) is 3.21. The quantitative estimate of drug-likeness (QED) is 0.190. The van der Waals surface area contributed by atoms with Gasteiger partial charge in [-0.1, -0.05) is 41.4 Å². The van der Waals surface area contributed by atoms with E-state index in [0.29, 0.717) is 23.5 Å². The normalized spacial score (nSPS) is 16.3. The van der Waals surface area contributed by atoms with E-state index in [0.717, 1.165) is 5.56 Å². The monoisotopic (exact) mass is 589 g/mol. The number of nitrogens with zero attached hydrogens (tertiary/aromatic N) is 1. The Balaban J connectivity index is 1.91.